The van der Waals surface area contributed by atoms with E-state index in [2.05, 4.69) is 15.1 Å². The Morgan fingerprint density at radius 3 is 2.09 bits per heavy atom. The number of benzene rings is 2. The van der Waals surface area contributed by atoms with Crippen molar-refractivity contribution in [3.8, 4) is 22.9 Å². The van der Waals surface area contributed by atoms with Gasteiger partial charge in [-0.15, -0.1) is 0 Å². The van der Waals surface area contributed by atoms with Crippen LogP contribution in [0.4, 0.5) is 0 Å². The summed E-state index contributed by atoms with van der Waals surface area (Å²) in [7, 11) is -3.64. The molecule has 4 aromatic rings. The van der Waals surface area contributed by atoms with Gasteiger partial charge in [-0.1, -0.05) is 41.6 Å². The summed E-state index contributed by atoms with van der Waals surface area (Å²) in [6.45, 7) is 1.20. The SMILES string of the molecule is O=P(Oc1ccccc1)(Oc1ccccc1)N1CCC(OCc2nc(-c3ccncc3)no2)CC1. The van der Waals surface area contributed by atoms with Gasteiger partial charge >= 0.3 is 7.75 Å². The Morgan fingerprint density at radius 1 is 0.886 bits per heavy atom. The largest absolute Gasteiger partial charge is 0.515 e. The molecule has 2 aromatic heterocycles. The molecule has 35 heavy (non-hydrogen) atoms. The lowest BCUT2D eigenvalue weighted by atomic mass is 10.1. The van der Waals surface area contributed by atoms with Crippen molar-refractivity contribution in [2.75, 3.05) is 13.1 Å². The molecule has 0 N–H and O–H groups in total. The average molecular weight is 492 g/mol. The maximum atomic E-state index is 13.9. The first-order valence-corrected chi connectivity index (χ1v) is 12.9. The number of hydrogen-bond acceptors (Lipinski definition) is 8. The quantitative estimate of drug-likeness (QED) is 0.285. The Morgan fingerprint density at radius 2 is 1.49 bits per heavy atom. The van der Waals surface area contributed by atoms with E-state index in [-0.39, 0.29) is 12.7 Å². The average Bonchev–Trinajstić information content (AvgIpc) is 3.39. The maximum Gasteiger partial charge on any atom is 0.515 e. The van der Waals surface area contributed by atoms with Crippen LogP contribution in [0.5, 0.6) is 11.5 Å². The van der Waals surface area contributed by atoms with Crippen molar-refractivity contribution in [2.24, 2.45) is 0 Å². The van der Waals surface area contributed by atoms with E-state index in [9.17, 15) is 4.57 Å². The molecular weight excluding hydrogens is 467 g/mol. The van der Waals surface area contributed by atoms with Gasteiger partial charge in [0.05, 0.1) is 6.10 Å². The van der Waals surface area contributed by atoms with Crippen molar-refractivity contribution in [1.82, 2.24) is 19.8 Å². The van der Waals surface area contributed by atoms with Gasteiger partial charge in [0.25, 0.3) is 5.89 Å². The molecule has 0 aliphatic carbocycles. The van der Waals surface area contributed by atoms with E-state index in [4.69, 9.17) is 18.3 Å². The van der Waals surface area contributed by atoms with Gasteiger partial charge in [-0.3, -0.25) is 4.98 Å². The van der Waals surface area contributed by atoms with Crippen molar-refractivity contribution in [2.45, 2.75) is 25.6 Å². The van der Waals surface area contributed by atoms with Gasteiger partial charge in [0.1, 0.15) is 18.1 Å². The molecule has 0 saturated carbocycles. The molecule has 0 atom stereocenters. The predicted molar refractivity (Wildman–Crippen MR) is 129 cm³/mol. The maximum absolute atomic E-state index is 13.9. The molecule has 3 heterocycles. The van der Waals surface area contributed by atoms with Crippen LogP contribution >= 0.6 is 7.75 Å². The van der Waals surface area contributed by atoms with Crippen LogP contribution in [0.25, 0.3) is 11.4 Å². The van der Waals surface area contributed by atoms with Gasteiger partial charge < -0.3 is 18.3 Å². The molecule has 9 nitrogen and oxygen atoms in total. The molecule has 0 amide bonds. The Bertz CT molecular complexity index is 1200. The number of aromatic nitrogens is 3. The van der Waals surface area contributed by atoms with Crippen LogP contribution in [0.1, 0.15) is 18.7 Å². The molecule has 0 unspecified atom stereocenters. The lowest BCUT2D eigenvalue weighted by Crippen LogP contribution is -2.37. The second kappa shape index (κ2) is 10.8. The zero-order valence-electron chi connectivity index (χ0n) is 19.0. The molecule has 5 rings (SSSR count). The Labute approximate surface area is 203 Å². The third kappa shape index (κ3) is 5.95. The van der Waals surface area contributed by atoms with Gasteiger partial charge in [-0.05, 0) is 49.2 Å². The monoisotopic (exact) mass is 492 g/mol. The highest BCUT2D eigenvalue weighted by Crippen LogP contribution is 2.53. The van der Waals surface area contributed by atoms with Crippen molar-refractivity contribution >= 4 is 7.75 Å². The second-order valence-electron chi connectivity index (χ2n) is 7.99. The Kier molecular flexibility index (Phi) is 7.18. The highest BCUT2D eigenvalue weighted by Gasteiger charge is 2.40. The minimum Gasteiger partial charge on any atom is -0.404 e. The molecule has 1 fully saturated rings. The van der Waals surface area contributed by atoms with E-state index >= 15 is 0 Å². The van der Waals surface area contributed by atoms with Gasteiger partial charge in [0.2, 0.25) is 5.82 Å². The second-order valence-corrected chi connectivity index (χ2v) is 9.86. The molecule has 2 aromatic carbocycles. The summed E-state index contributed by atoms with van der Waals surface area (Å²) in [6, 6.07) is 21.8. The number of rotatable bonds is 9. The topological polar surface area (TPSA) is 99.8 Å². The van der Waals surface area contributed by atoms with Gasteiger partial charge in [0.15, 0.2) is 0 Å². The molecule has 0 spiro atoms. The van der Waals surface area contributed by atoms with E-state index in [1.54, 1.807) is 41.3 Å². The summed E-state index contributed by atoms with van der Waals surface area (Å²) in [5.74, 6) is 1.89. The predicted octanol–water partition coefficient (Wildman–Crippen LogP) is 5.38. The van der Waals surface area contributed by atoms with Crippen molar-refractivity contribution in [1.29, 1.82) is 0 Å². The lowest BCUT2D eigenvalue weighted by Gasteiger charge is -2.35. The fourth-order valence-corrected chi connectivity index (χ4v) is 5.50. The third-order valence-electron chi connectivity index (χ3n) is 5.54. The van der Waals surface area contributed by atoms with Gasteiger partial charge in [-0.25, -0.2) is 4.57 Å². The van der Waals surface area contributed by atoms with Gasteiger partial charge in [0, 0.05) is 31.0 Å². The standard InChI is InChI=1S/C25H25N4O5P/c30-35(33-22-7-3-1-4-8-22,34-23-9-5-2-6-10-23)29-17-13-21(14-18-29)31-19-24-27-25(28-32-24)20-11-15-26-16-12-20/h1-12,15-16,21H,13-14,17-19H2. The molecule has 1 aliphatic rings. The van der Waals surface area contributed by atoms with E-state index in [0.29, 0.717) is 49.1 Å². The summed E-state index contributed by atoms with van der Waals surface area (Å²) in [4.78, 5) is 8.38. The summed E-state index contributed by atoms with van der Waals surface area (Å²) >= 11 is 0. The van der Waals surface area contributed by atoms with Crippen LogP contribution in [-0.2, 0) is 15.9 Å². The van der Waals surface area contributed by atoms with Crippen LogP contribution < -0.4 is 9.05 Å². The summed E-state index contributed by atoms with van der Waals surface area (Å²) in [5, 5.41) is 4.00. The first kappa shape index (κ1) is 23.2. The number of nitrogens with zero attached hydrogens (tertiary/aromatic N) is 4. The number of hydrogen-bond donors (Lipinski definition) is 0. The molecule has 1 aliphatic heterocycles. The summed E-state index contributed by atoms with van der Waals surface area (Å²) in [6.07, 6.45) is 4.64. The van der Waals surface area contributed by atoms with Crippen LogP contribution in [-0.4, -0.2) is 39.0 Å². The molecule has 0 bridgehead atoms. The zero-order valence-corrected chi connectivity index (χ0v) is 19.9. The van der Waals surface area contributed by atoms with Crippen LogP contribution in [0.15, 0.2) is 89.7 Å². The normalized spacial score (nSPS) is 15.1. The highest BCUT2D eigenvalue weighted by molar-refractivity contribution is 7.52. The Hall–Kier alpha value is -3.52. The number of ether oxygens (including phenoxy) is 1. The van der Waals surface area contributed by atoms with E-state index in [1.165, 1.54) is 0 Å². The number of pyridine rings is 1. The minimum absolute atomic E-state index is 0.0376. The van der Waals surface area contributed by atoms with Crippen LogP contribution in [0.2, 0.25) is 0 Å². The number of para-hydroxylation sites is 2. The Balaban J connectivity index is 1.20. The molecule has 10 heteroatoms. The van der Waals surface area contributed by atoms with Crippen LogP contribution in [0, 0.1) is 0 Å². The van der Waals surface area contributed by atoms with Crippen LogP contribution in [0.3, 0.4) is 0 Å². The fraction of sp³-hybridized carbons (Fsp3) is 0.240. The zero-order chi connectivity index (χ0) is 23.9. The van der Waals surface area contributed by atoms with E-state index in [1.807, 2.05) is 48.5 Å². The smallest absolute Gasteiger partial charge is 0.404 e. The van der Waals surface area contributed by atoms with Crippen molar-refractivity contribution in [3.05, 3.63) is 91.1 Å². The van der Waals surface area contributed by atoms with Gasteiger partial charge in [-0.2, -0.15) is 9.65 Å². The third-order valence-corrected chi connectivity index (χ3v) is 7.52. The molecular formula is C25H25N4O5P. The highest BCUT2D eigenvalue weighted by atomic mass is 31.2. The first-order chi connectivity index (χ1) is 17.2. The molecule has 1 saturated heterocycles. The van der Waals surface area contributed by atoms with E-state index < -0.39 is 7.75 Å². The molecule has 180 valence electrons. The lowest BCUT2D eigenvalue weighted by molar-refractivity contribution is -0.00363. The van der Waals surface area contributed by atoms with E-state index in [0.717, 1.165) is 5.56 Å². The minimum atomic E-state index is -3.64. The number of piperidine rings is 1. The molecule has 0 radical (unpaired) electrons. The van der Waals surface area contributed by atoms with Crippen molar-refractivity contribution in [3.63, 3.8) is 0 Å². The van der Waals surface area contributed by atoms with Crippen molar-refractivity contribution < 1.29 is 22.9 Å². The fourth-order valence-electron chi connectivity index (χ4n) is 3.74. The summed E-state index contributed by atoms with van der Waals surface area (Å²) in [5.41, 5.74) is 0.830. The first-order valence-electron chi connectivity index (χ1n) is 11.4. The summed E-state index contributed by atoms with van der Waals surface area (Å²) < 4.78 is 38.9.